The molecule has 1 heterocycles. The third-order valence-electron chi connectivity index (χ3n) is 3.84. The van der Waals surface area contributed by atoms with Crippen LogP contribution >= 0.6 is 0 Å². The first-order valence-corrected chi connectivity index (χ1v) is 8.53. The van der Waals surface area contributed by atoms with Gasteiger partial charge in [-0.1, -0.05) is 36.4 Å². The molecule has 0 spiro atoms. The fourth-order valence-corrected chi connectivity index (χ4v) is 2.39. The third kappa shape index (κ3) is 5.29. The van der Waals surface area contributed by atoms with Crippen LogP contribution < -0.4 is 10.6 Å². The Hall–Kier alpha value is -3.38. The van der Waals surface area contributed by atoms with E-state index >= 15 is 0 Å². The molecule has 2 aromatic carbocycles. The highest BCUT2D eigenvalue weighted by molar-refractivity contribution is 6.02. The van der Waals surface area contributed by atoms with Crippen molar-refractivity contribution in [3.8, 4) is 0 Å². The minimum absolute atomic E-state index is 0.215. The first-order chi connectivity index (χ1) is 13.1. The predicted molar refractivity (Wildman–Crippen MR) is 102 cm³/mol. The van der Waals surface area contributed by atoms with Crippen LogP contribution in [-0.4, -0.2) is 17.9 Å². The Kier molecular flexibility index (Phi) is 6.02. The topological polar surface area (TPSA) is 80.6 Å². The van der Waals surface area contributed by atoms with Gasteiger partial charge in [0.25, 0.3) is 11.8 Å². The lowest BCUT2D eigenvalue weighted by Crippen LogP contribution is -2.27. The second kappa shape index (κ2) is 8.82. The largest absolute Gasteiger partial charge is 0.459 e. The van der Waals surface area contributed by atoms with Crippen molar-refractivity contribution in [1.29, 1.82) is 0 Å². The molecule has 0 fully saturated rings. The van der Waals surface area contributed by atoms with E-state index in [-0.39, 0.29) is 17.6 Å². The smallest absolute Gasteiger partial charge is 0.291 e. The van der Waals surface area contributed by atoms with Gasteiger partial charge < -0.3 is 19.8 Å². The van der Waals surface area contributed by atoms with Crippen LogP contribution in [0.1, 0.15) is 23.0 Å². The Balaban J connectivity index is 1.55. The second-order valence-corrected chi connectivity index (χ2v) is 5.94. The zero-order valence-electron chi connectivity index (χ0n) is 14.8. The van der Waals surface area contributed by atoms with Crippen LogP contribution in [0.3, 0.4) is 0 Å². The third-order valence-corrected chi connectivity index (χ3v) is 3.84. The Labute approximate surface area is 157 Å². The summed E-state index contributed by atoms with van der Waals surface area (Å²) >= 11 is 0. The van der Waals surface area contributed by atoms with Crippen molar-refractivity contribution in [3.63, 3.8) is 0 Å². The van der Waals surface area contributed by atoms with E-state index in [9.17, 15) is 9.59 Å². The van der Waals surface area contributed by atoms with Gasteiger partial charge in [0, 0.05) is 11.4 Å². The lowest BCUT2D eigenvalue weighted by Gasteiger charge is -2.14. The van der Waals surface area contributed by atoms with E-state index in [0.29, 0.717) is 18.0 Å². The number of ether oxygens (including phenoxy) is 1. The van der Waals surface area contributed by atoms with Gasteiger partial charge in [-0.3, -0.25) is 9.59 Å². The van der Waals surface area contributed by atoms with Gasteiger partial charge in [-0.15, -0.1) is 0 Å². The summed E-state index contributed by atoms with van der Waals surface area (Å²) in [6.45, 7) is 2.05. The van der Waals surface area contributed by atoms with E-state index < -0.39 is 6.10 Å². The fourth-order valence-electron chi connectivity index (χ4n) is 2.39. The molecular weight excluding hydrogens is 344 g/mol. The van der Waals surface area contributed by atoms with Crippen LogP contribution in [-0.2, 0) is 16.1 Å². The summed E-state index contributed by atoms with van der Waals surface area (Å²) in [6.07, 6.45) is 0.814. The molecule has 0 saturated carbocycles. The minimum Gasteiger partial charge on any atom is -0.459 e. The summed E-state index contributed by atoms with van der Waals surface area (Å²) in [7, 11) is 0. The quantitative estimate of drug-likeness (QED) is 0.662. The Morgan fingerprint density at radius 3 is 2.41 bits per heavy atom. The van der Waals surface area contributed by atoms with Crippen molar-refractivity contribution in [2.45, 2.75) is 19.6 Å². The van der Waals surface area contributed by atoms with Crippen LogP contribution in [0.4, 0.5) is 11.4 Å². The molecule has 27 heavy (non-hydrogen) atoms. The molecular formula is C21H20N2O4. The van der Waals surface area contributed by atoms with Crippen LogP contribution in [0, 0.1) is 0 Å². The molecule has 3 aromatic rings. The van der Waals surface area contributed by atoms with Gasteiger partial charge in [0.1, 0.15) is 6.10 Å². The molecule has 2 amide bonds. The molecule has 1 unspecified atom stereocenters. The van der Waals surface area contributed by atoms with Crippen LogP contribution in [0.15, 0.2) is 77.4 Å². The summed E-state index contributed by atoms with van der Waals surface area (Å²) < 4.78 is 10.7. The SMILES string of the molecule is CC(OCc1ccccc1)C(=O)Nc1cccc(NC(=O)c2ccco2)c1. The molecule has 0 aliphatic rings. The molecule has 6 heteroatoms. The summed E-state index contributed by atoms with van der Waals surface area (Å²) in [5.74, 6) is -0.407. The highest BCUT2D eigenvalue weighted by Crippen LogP contribution is 2.17. The molecule has 6 nitrogen and oxygen atoms in total. The van der Waals surface area contributed by atoms with Crippen LogP contribution in [0.25, 0.3) is 0 Å². The maximum Gasteiger partial charge on any atom is 0.291 e. The molecule has 2 N–H and O–H groups in total. The zero-order chi connectivity index (χ0) is 19.1. The van der Waals surface area contributed by atoms with E-state index in [1.54, 1.807) is 43.3 Å². The van der Waals surface area contributed by atoms with Crippen molar-refractivity contribution in [3.05, 3.63) is 84.3 Å². The molecule has 0 radical (unpaired) electrons. The zero-order valence-corrected chi connectivity index (χ0v) is 14.8. The van der Waals surface area contributed by atoms with Gasteiger partial charge in [-0.05, 0) is 42.8 Å². The molecule has 0 saturated heterocycles. The summed E-state index contributed by atoms with van der Waals surface area (Å²) in [4.78, 5) is 24.3. The van der Waals surface area contributed by atoms with E-state index in [4.69, 9.17) is 9.15 Å². The summed E-state index contributed by atoms with van der Waals surface area (Å²) in [5, 5.41) is 5.51. The molecule has 138 valence electrons. The number of anilines is 2. The van der Waals surface area contributed by atoms with E-state index in [2.05, 4.69) is 10.6 Å². The number of benzene rings is 2. The highest BCUT2D eigenvalue weighted by atomic mass is 16.5. The van der Waals surface area contributed by atoms with Crippen LogP contribution in [0.2, 0.25) is 0 Å². The number of rotatable bonds is 7. The minimum atomic E-state index is -0.619. The lowest BCUT2D eigenvalue weighted by molar-refractivity contribution is -0.127. The monoisotopic (exact) mass is 364 g/mol. The maximum atomic E-state index is 12.3. The lowest BCUT2D eigenvalue weighted by atomic mass is 10.2. The average molecular weight is 364 g/mol. The summed E-state index contributed by atoms with van der Waals surface area (Å²) in [6, 6.07) is 19.7. The molecule has 0 aliphatic heterocycles. The maximum absolute atomic E-state index is 12.3. The molecule has 1 aromatic heterocycles. The van der Waals surface area contributed by atoms with Gasteiger partial charge in [0.15, 0.2) is 5.76 Å². The van der Waals surface area contributed by atoms with Crippen molar-refractivity contribution < 1.29 is 18.7 Å². The van der Waals surface area contributed by atoms with Crippen molar-refractivity contribution in [2.75, 3.05) is 10.6 Å². The van der Waals surface area contributed by atoms with Gasteiger partial charge in [-0.25, -0.2) is 0 Å². The van der Waals surface area contributed by atoms with Crippen molar-refractivity contribution in [1.82, 2.24) is 0 Å². The Morgan fingerprint density at radius 1 is 0.963 bits per heavy atom. The molecule has 0 aliphatic carbocycles. The Morgan fingerprint density at radius 2 is 1.70 bits per heavy atom. The number of nitrogens with one attached hydrogen (secondary N) is 2. The number of furan rings is 1. The standard InChI is InChI=1S/C21H20N2O4/c1-15(27-14-16-7-3-2-4-8-16)20(24)22-17-9-5-10-18(13-17)23-21(25)19-11-6-12-26-19/h2-13,15H,14H2,1H3,(H,22,24)(H,23,25). The second-order valence-electron chi connectivity index (χ2n) is 5.94. The van der Waals surface area contributed by atoms with Gasteiger partial charge in [0.2, 0.25) is 0 Å². The number of amides is 2. The van der Waals surface area contributed by atoms with Crippen molar-refractivity contribution in [2.24, 2.45) is 0 Å². The van der Waals surface area contributed by atoms with E-state index in [1.165, 1.54) is 6.26 Å². The Bertz CT molecular complexity index is 892. The first-order valence-electron chi connectivity index (χ1n) is 8.53. The first kappa shape index (κ1) is 18.4. The van der Waals surface area contributed by atoms with E-state index in [0.717, 1.165) is 5.56 Å². The molecule has 0 bridgehead atoms. The van der Waals surface area contributed by atoms with Crippen molar-refractivity contribution >= 4 is 23.2 Å². The predicted octanol–water partition coefficient (Wildman–Crippen LogP) is 4.08. The number of hydrogen-bond donors (Lipinski definition) is 2. The van der Waals surface area contributed by atoms with Gasteiger partial charge >= 0.3 is 0 Å². The summed E-state index contributed by atoms with van der Waals surface area (Å²) in [5.41, 5.74) is 2.11. The molecule has 1 atom stereocenters. The highest BCUT2D eigenvalue weighted by Gasteiger charge is 2.14. The van der Waals surface area contributed by atoms with E-state index in [1.807, 2.05) is 30.3 Å². The molecule has 3 rings (SSSR count). The van der Waals surface area contributed by atoms with Gasteiger partial charge in [0.05, 0.1) is 12.9 Å². The number of carbonyl (C=O) groups is 2. The number of hydrogen-bond acceptors (Lipinski definition) is 4. The normalized spacial score (nSPS) is 11.6. The fraction of sp³-hybridized carbons (Fsp3) is 0.143. The number of carbonyl (C=O) groups excluding carboxylic acids is 2. The van der Waals surface area contributed by atoms with Crippen LogP contribution in [0.5, 0.6) is 0 Å². The average Bonchev–Trinajstić information content (AvgIpc) is 3.22. The van der Waals surface area contributed by atoms with Gasteiger partial charge in [-0.2, -0.15) is 0 Å².